The number of hydrogen-bond donors (Lipinski definition) is 0. The summed E-state index contributed by atoms with van der Waals surface area (Å²) in [7, 11) is 0. The van der Waals surface area contributed by atoms with Gasteiger partial charge in [0.05, 0.1) is 0 Å². The van der Waals surface area contributed by atoms with E-state index in [1.165, 1.54) is 83.9 Å². The second-order valence-electron chi connectivity index (χ2n) is 12.7. The number of hydrogen-bond acceptors (Lipinski definition) is 1. The summed E-state index contributed by atoms with van der Waals surface area (Å²) in [6.45, 7) is 0. The normalized spacial score (nSPS) is 14.8. The van der Waals surface area contributed by atoms with E-state index in [4.69, 9.17) is 0 Å². The van der Waals surface area contributed by atoms with Gasteiger partial charge in [0.1, 0.15) is 0 Å². The standard InChI is InChI=1S/C48H33N/c1-4-10-34(11-5-1)37-16-22-40(23-17-37)43-28-46-30-44(41-24-18-38(19-25-41)35-12-6-2-7-13-35)32-48-33-45(31-47(29-43)49(46)48)42-26-20-39(21-27-42)36-14-8-3-9-15-36/h1-33H. The molecule has 230 valence electrons. The highest BCUT2D eigenvalue weighted by Crippen LogP contribution is 2.43. The lowest BCUT2D eigenvalue weighted by Crippen LogP contribution is -2.26. The number of nitrogens with zero attached hydrogens (tertiary/aromatic N) is 1. The van der Waals surface area contributed by atoms with E-state index in [0.717, 1.165) is 0 Å². The van der Waals surface area contributed by atoms with Crippen molar-refractivity contribution in [3.8, 4) is 33.4 Å². The highest BCUT2D eigenvalue weighted by atomic mass is 15.2. The van der Waals surface area contributed by atoms with Crippen LogP contribution < -0.4 is 0 Å². The highest BCUT2D eigenvalue weighted by molar-refractivity contribution is 5.90. The SMILES string of the molecule is C1=C(c2ccc(-c3ccccc3)cc2)C=C2C=C(c3ccc(-c4ccccc4)cc3)C=C3C=C(c4ccc(-c5ccccc5)cc4)C=C1N23. The third kappa shape index (κ3) is 5.62. The quantitative estimate of drug-likeness (QED) is 0.178. The summed E-state index contributed by atoms with van der Waals surface area (Å²) in [5.74, 6) is 0. The largest absolute Gasteiger partial charge is 0.310 e. The fourth-order valence-corrected chi connectivity index (χ4v) is 7.00. The van der Waals surface area contributed by atoms with E-state index in [1.54, 1.807) is 0 Å². The summed E-state index contributed by atoms with van der Waals surface area (Å²) in [6, 6.07) is 58.6. The van der Waals surface area contributed by atoms with Crippen molar-refractivity contribution in [2.24, 2.45) is 0 Å². The van der Waals surface area contributed by atoms with Crippen molar-refractivity contribution in [3.05, 3.63) is 234 Å². The Morgan fingerprint density at radius 2 is 0.429 bits per heavy atom. The second-order valence-corrected chi connectivity index (χ2v) is 12.7. The Morgan fingerprint density at radius 1 is 0.204 bits per heavy atom. The monoisotopic (exact) mass is 623 g/mol. The van der Waals surface area contributed by atoms with Crippen LogP contribution in [-0.2, 0) is 0 Å². The summed E-state index contributed by atoms with van der Waals surface area (Å²) in [5, 5.41) is 0. The van der Waals surface area contributed by atoms with E-state index < -0.39 is 0 Å². The van der Waals surface area contributed by atoms with Crippen LogP contribution in [-0.4, -0.2) is 4.90 Å². The first kappa shape index (κ1) is 28.8. The third-order valence-corrected chi connectivity index (χ3v) is 9.57. The fourth-order valence-electron chi connectivity index (χ4n) is 7.00. The summed E-state index contributed by atoms with van der Waals surface area (Å²) in [5.41, 5.74) is 18.1. The lowest BCUT2D eigenvalue weighted by molar-refractivity contribution is 0.567. The van der Waals surface area contributed by atoms with Crippen LogP contribution in [0, 0.1) is 0 Å². The Hall–Kier alpha value is -6.44. The van der Waals surface area contributed by atoms with Gasteiger partial charge in [0.2, 0.25) is 0 Å². The number of benzene rings is 6. The van der Waals surface area contributed by atoms with Gasteiger partial charge in [-0.2, -0.15) is 0 Å². The summed E-state index contributed by atoms with van der Waals surface area (Å²) in [4.78, 5) is 2.38. The molecule has 6 aromatic carbocycles. The van der Waals surface area contributed by atoms with Crippen LogP contribution in [0.25, 0.3) is 50.1 Å². The minimum atomic E-state index is 1.17. The Balaban J connectivity index is 1.12. The van der Waals surface area contributed by atoms with Crippen molar-refractivity contribution < 1.29 is 0 Å². The zero-order valence-corrected chi connectivity index (χ0v) is 27.0. The predicted octanol–water partition coefficient (Wildman–Crippen LogP) is 12.2. The van der Waals surface area contributed by atoms with Crippen LogP contribution in [0.1, 0.15) is 16.7 Å². The average molecular weight is 624 g/mol. The van der Waals surface area contributed by atoms with Crippen molar-refractivity contribution in [1.29, 1.82) is 0 Å². The molecule has 0 amide bonds. The number of rotatable bonds is 6. The minimum Gasteiger partial charge on any atom is -0.310 e. The van der Waals surface area contributed by atoms with E-state index in [-0.39, 0.29) is 0 Å². The Morgan fingerprint density at radius 3 is 0.694 bits per heavy atom. The molecular weight excluding hydrogens is 591 g/mol. The predicted molar refractivity (Wildman–Crippen MR) is 206 cm³/mol. The van der Waals surface area contributed by atoms with Gasteiger partial charge in [-0.25, -0.2) is 0 Å². The van der Waals surface area contributed by atoms with Gasteiger partial charge in [0.25, 0.3) is 0 Å². The van der Waals surface area contributed by atoms with Crippen molar-refractivity contribution in [2.45, 2.75) is 0 Å². The smallest absolute Gasteiger partial charge is 0.0474 e. The molecule has 0 unspecified atom stereocenters. The Kier molecular flexibility index (Phi) is 7.22. The molecule has 3 aliphatic rings. The fraction of sp³-hybridized carbons (Fsp3) is 0. The maximum atomic E-state index is 2.38. The molecule has 0 aromatic heterocycles. The van der Waals surface area contributed by atoms with E-state index in [2.05, 4.69) is 205 Å². The molecule has 0 N–H and O–H groups in total. The molecule has 6 aromatic rings. The first-order chi connectivity index (χ1) is 24.2. The van der Waals surface area contributed by atoms with Crippen LogP contribution in [0.5, 0.6) is 0 Å². The zero-order chi connectivity index (χ0) is 32.6. The van der Waals surface area contributed by atoms with Crippen molar-refractivity contribution in [2.75, 3.05) is 0 Å². The highest BCUT2D eigenvalue weighted by Gasteiger charge is 2.28. The van der Waals surface area contributed by atoms with E-state index in [1.807, 2.05) is 0 Å². The van der Waals surface area contributed by atoms with E-state index >= 15 is 0 Å². The first-order valence-corrected chi connectivity index (χ1v) is 16.8. The maximum Gasteiger partial charge on any atom is 0.0474 e. The molecule has 0 spiro atoms. The molecule has 0 saturated carbocycles. The molecular formula is C48H33N. The summed E-state index contributed by atoms with van der Waals surface area (Å²) in [6.07, 6.45) is 14.0. The van der Waals surface area contributed by atoms with Crippen molar-refractivity contribution in [1.82, 2.24) is 4.90 Å². The summed E-state index contributed by atoms with van der Waals surface area (Å²) < 4.78 is 0. The molecule has 9 rings (SSSR count). The molecule has 0 radical (unpaired) electrons. The van der Waals surface area contributed by atoms with Gasteiger partial charge in [-0.3, -0.25) is 0 Å². The van der Waals surface area contributed by atoms with Crippen LogP contribution >= 0.6 is 0 Å². The molecule has 0 aliphatic carbocycles. The van der Waals surface area contributed by atoms with Gasteiger partial charge < -0.3 is 4.90 Å². The summed E-state index contributed by atoms with van der Waals surface area (Å²) >= 11 is 0. The van der Waals surface area contributed by atoms with Crippen LogP contribution in [0.15, 0.2) is 217 Å². The second kappa shape index (κ2) is 12.3. The molecule has 0 fully saturated rings. The molecule has 49 heavy (non-hydrogen) atoms. The molecule has 0 bridgehead atoms. The lowest BCUT2D eigenvalue weighted by Gasteiger charge is -2.37. The topological polar surface area (TPSA) is 3.24 Å². The van der Waals surface area contributed by atoms with Gasteiger partial charge >= 0.3 is 0 Å². The van der Waals surface area contributed by atoms with E-state index in [0.29, 0.717) is 0 Å². The van der Waals surface area contributed by atoms with Gasteiger partial charge in [-0.15, -0.1) is 0 Å². The minimum absolute atomic E-state index is 1.17. The third-order valence-electron chi connectivity index (χ3n) is 9.57. The molecule has 0 atom stereocenters. The maximum absolute atomic E-state index is 2.38. The number of allylic oxidation sites excluding steroid dienone is 9. The van der Waals surface area contributed by atoms with Crippen LogP contribution in [0.2, 0.25) is 0 Å². The van der Waals surface area contributed by atoms with Gasteiger partial charge in [0.15, 0.2) is 0 Å². The van der Waals surface area contributed by atoms with Gasteiger partial charge in [0, 0.05) is 17.1 Å². The molecule has 1 nitrogen and oxygen atoms in total. The molecule has 3 heterocycles. The molecule has 1 heteroatoms. The zero-order valence-electron chi connectivity index (χ0n) is 27.0. The van der Waals surface area contributed by atoms with Crippen LogP contribution in [0.3, 0.4) is 0 Å². The Bertz CT molecular complexity index is 2080. The molecule has 3 aliphatic heterocycles. The van der Waals surface area contributed by atoms with E-state index in [9.17, 15) is 0 Å². The van der Waals surface area contributed by atoms with Crippen molar-refractivity contribution in [3.63, 3.8) is 0 Å². The van der Waals surface area contributed by atoms with Crippen LogP contribution in [0.4, 0.5) is 0 Å². The lowest BCUT2D eigenvalue weighted by atomic mass is 9.88. The first-order valence-electron chi connectivity index (χ1n) is 16.8. The van der Waals surface area contributed by atoms with Gasteiger partial charge in [-0.05, 0) is 103 Å². The van der Waals surface area contributed by atoms with Gasteiger partial charge in [-0.1, -0.05) is 164 Å². The van der Waals surface area contributed by atoms with Crippen molar-refractivity contribution >= 4 is 16.7 Å². The average Bonchev–Trinajstić information content (AvgIpc) is 3.19. The Labute approximate surface area is 288 Å². The molecule has 0 saturated heterocycles.